The van der Waals surface area contributed by atoms with Gasteiger partial charge in [0, 0.05) is 44.8 Å². The fourth-order valence-electron chi connectivity index (χ4n) is 5.32. The molecule has 0 unspecified atom stereocenters. The van der Waals surface area contributed by atoms with Gasteiger partial charge in [-0.25, -0.2) is 0 Å². The van der Waals surface area contributed by atoms with Gasteiger partial charge in [-0.2, -0.15) is 0 Å². The maximum atomic E-state index is 10.9. The summed E-state index contributed by atoms with van der Waals surface area (Å²) >= 11 is 0. The monoisotopic (exact) mass is 717 g/mol. The first-order chi connectivity index (χ1) is 19.4. The number of hydrogen-bond acceptors (Lipinski definition) is 3. The molecule has 0 bridgehead atoms. The number of phenolic OH excluding ortho intramolecular Hbond substituents is 1. The third kappa shape index (κ3) is 5.49. The number of fused-ring (bicyclic) bond motifs is 1. The van der Waals surface area contributed by atoms with Gasteiger partial charge in [0.15, 0.2) is 0 Å². The Hall–Kier alpha value is -4.01. The van der Waals surface area contributed by atoms with Gasteiger partial charge in [0.2, 0.25) is 0 Å². The number of pyridine rings is 1. The minimum Gasteiger partial charge on any atom is -0.507 e. The second-order valence-electron chi connectivity index (χ2n) is 10.8. The molecule has 5 heteroatoms. The first-order valence-electron chi connectivity index (χ1n) is 13.8. The van der Waals surface area contributed by atoms with Gasteiger partial charge in [-0.15, -0.1) is 24.3 Å². The standard InChI is InChI=1S/C36H32N3O.Pt/c1-23(2)29-16-10-17-30(24(3)4)35(29)39-22-33(38-36(39)31-15-7-8-18-34(31)40)27-14-9-13-26(19-27)32-20-25-11-5-6-12-28(25)21-37-32;/h5-18,20-24,40H,1-4H3;/q-1;. The number of phenols is 1. The van der Waals surface area contributed by atoms with E-state index in [0.717, 1.165) is 39.0 Å². The largest absolute Gasteiger partial charge is 0.507 e. The summed E-state index contributed by atoms with van der Waals surface area (Å²) in [4.78, 5) is 9.84. The summed E-state index contributed by atoms with van der Waals surface area (Å²) in [5.74, 6) is 1.52. The average Bonchev–Trinajstić information content (AvgIpc) is 3.41. The number of para-hydroxylation sites is 2. The van der Waals surface area contributed by atoms with Gasteiger partial charge in [0.1, 0.15) is 11.6 Å². The third-order valence-corrected chi connectivity index (χ3v) is 7.41. The molecule has 0 saturated carbocycles. The Labute approximate surface area is 256 Å². The Bertz CT molecular complexity index is 1810. The van der Waals surface area contributed by atoms with Crippen LogP contribution in [0.2, 0.25) is 0 Å². The molecule has 0 aliphatic heterocycles. The van der Waals surface area contributed by atoms with Crippen LogP contribution in [0, 0.1) is 6.07 Å². The summed E-state index contributed by atoms with van der Waals surface area (Å²) in [5, 5.41) is 13.1. The summed E-state index contributed by atoms with van der Waals surface area (Å²) in [6.45, 7) is 8.87. The molecule has 2 heterocycles. The fourth-order valence-corrected chi connectivity index (χ4v) is 5.32. The van der Waals surface area contributed by atoms with Gasteiger partial charge < -0.3 is 9.67 Å². The molecule has 0 fully saturated rings. The van der Waals surface area contributed by atoms with E-state index in [4.69, 9.17) is 9.97 Å². The number of nitrogens with zero attached hydrogens (tertiary/aromatic N) is 3. The molecular weight excluding hydrogens is 685 g/mol. The molecular formula is C36H32N3OPt-. The number of rotatable bonds is 6. The summed E-state index contributed by atoms with van der Waals surface area (Å²) < 4.78 is 2.16. The molecule has 0 radical (unpaired) electrons. The Morgan fingerprint density at radius 2 is 1.32 bits per heavy atom. The van der Waals surface area contributed by atoms with E-state index in [1.165, 1.54) is 11.1 Å². The molecule has 0 amide bonds. The third-order valence-electron chi connectivity index (χ3n) is 7.41. The minimum atomic E-state index is 0. The zero-order valence-corrected chi connectivity index (χ0v) is 25.8. The Morgan fingerprint density at radius 1 is 0.707 bits per heavy atom. The second-order valence-corrected chi connectivity index (χ2v) is 10.8. The molecule has 2 aromatic heterocycles. The molecule has 208 valence electrons. The van der Waals surface area contributed by atoms with Gasteiger partial charge in [0.25, 0.3) is 0 Å². The van der Waals surface area contributed by atoms with E-state index in [0.29, 0.717) is 23.2 Å². The quantitative estimate of drug-likeness (QED) is 0.175. The number of aromatic nitrogens is 3. The number of imidazole rings is 1. The van der Waals surface area contributed by atoms with Crippen molar-refractivity contribution in [2.45, 2.75) is 39.5 Å². The maximum absolute atomic E-state index is 10.9. The van der Waals surface area contributed by atoms with E-state index < -0.39 is 0 Å². The summed E-state index contributed by atoms with van der Waals surface area (Å²) in [6.07, 6.45) is 3.99. The first kappa shape index (κ1) is 28.5. The van der Waals surface area contributed by atoms with Crippen molar-refractivity contribution in [3.05, 3.63) is 121 Å². The van der Waals surface area contributed by atoms with Gasteiger partial charge in [-0.1, -0.05) is 99.5 Å². The van der Waals surface area contributed by atoms with Crippen LogP contribution in [0.25, 0.3) is 50.4 Å². The van der Waals surface area contributed by atoms with E-state index in [2.05, 4.69) is 80.9 Å². The normalized spacial score (nSPS) is 11.3. The van der Waals surface area contributed by atoms with Crippen molar-refractivity contribution in [1.82, 2.24) is 14.5 Å². The van der Waals surface area contributed by atoms with Crippen molar-refractivity contribution in [2.75, 3.05) is 0 Å². The van der Waals surface area contributed by atoms with E-state index >= 15 is 0 Å². The van der Waals surface area contributed by atoms with Crippen LogP contribution in [-0.4, -0.2) is 19.6 Å². The molecule has 0 aliphatic rings. The molecule has 4 aromatic carbocycles. The number of benzene rings is 4. The summed E-state index contributed by atoms with van der Waals surface area (Å²) in [5.41, 5.74) is 7.73. The SMILES string of the molecule is CC(C)c1cccc(C(C)C)c1-n1cc(-c2[c-]c(-c3cc4ccccc4cn3)ccc2)nc1-c1ccccc1O.[Pt]. The predicted molar refractivity (Wildman–Crippen MR) is 164 cm³/mol. The van der Waals surface area contributed by atoms with Crippen molar-refractivity contribution in [3.8, 4) is 45.3 Å². The Morgan fingerprint density at radius 3 is 2.00 bits per heavy atom. The molecule has 0 aliphatic carbocycles. The van der Waals surface area contributed by atoms with Crippen molar-refractivity contribution < 1.29 is 26.2 Å². The van der Waals surface area contributed by atoms with E-state index in [-0.39, 0.29) is 26.8 Å². The fraction of sp³-hybridized carbons (Fsp3) is 0.167. The van der Waals surface area contributed by atoms with Crippen molar-refractivity contribution >= 4 is 10.8 Å². The van der Waals surface area contributed by atoms with Crippen molar-refractivity contribution in [2.24, 2.45) is 0 Å². The van der Waals surface area contributed by atoms with Gasteiger partial charge in [-0.05, 0) is 45.9 Å². The average molecular weight is 718 g/mol. The Balaban J connectivity index is 0.00000337. The zero-order chi connectivity index (χ0) is 27.8. The minimum absolute atomic E-state index is 0. The van der Waals surface area contributed by atoms with Crippen LogP contribution in [0.1, 0.15) is 50.7 Å². The Kier molecular flexibility index (Phi) is 8.24. The molecule has 0 saturated heterocycles. The second kappa shape index (κ2) is 11.8. The summed E-state index contributed by atoms with van der Waals surface area (Å²) in [6, 6.07) is 33.9. The molecule has 6 aromatic rings. The summed E-state index contributed by atoms with van der Waals surface area (Å²) in [7, 11) is 0. The smallest absolute Gasteiger partial charge is 0.140 e. The van der Waals surface area contributed by atoms with Crippen molar-refractivity contribution in [3.63, 3.8) is 0 Å². The number of hydrogen-bond donors (Lipinski definition) is 1. The van der Waals surface area contributed by atoms with E-state index in [1.54, 1.807) is 6.07 Å². The van der Waals surface area contributed by atoms with Gasteiger partial charge in [0.05, 0.1) is 11.3 Å². The van der Waals surface area contributed by atoms with Crippen LogP contribution in [0.5, 0.6) is 5.75 Å². The van der Waals surface area contributed by atoms with Crippen LogP contribution in [-0.2, 0) is 21.1 Å². The molecule has 0 spiro atoms. The molecule has 6 rings (SSSR count). The zero-order valence-electron chi connectivity index (χ0n) is 23.6. The molecule has 1 N–H and O–H groups in total. The van der Waals surface area contributed by atoms with E-state index in [9.17, 15) is 5.11 Å². The topological polar surface area (TPSA) is 50.9 Å². The number of aromatic hydroxyl groups is 1. The van der Waals surface area contributed by atoms with Crippen LogP contribution >= 0.6 is 0 Å². The van der Waals surface area contributed by atoms with Crippen LogP contribution in [0.3, 0.4) is 0 Å². The van der Waals surface area contributed by atoms with Crippen LogP contribution in [0.15, 0.2) is 103 Å². The maximum Gasteiger partial charge on any atom is 0.140 e. The van der Waals surface area contributed by atoms with Crippen LogP contribution in [0.4, 0.5) is 0 Å². The molecule has 41 heavy (non-hydrogen) atoms. The molecule has 4 nitrogen and oxygen atoms in total. The van der Waals surface area contributed by atoms with E-state index in [1.807, 2.05) is 54.7 Å². The van der Waals surface area contributed by atoms with Crippen molar-refractivity contribution in [1.29, 1.82) is 0 Å². The molecule has 0 atom stereocenters. The van der Waals surface area contributed by atoms with Gasteiger partial charge in [-0.3, -0.25) is 9.97 Å². The predicted octanol–water partition coefficient (Wildman–Crippen LogP) is 9.17. The van der Waals surface area contributed by atoms with Crippen LogP contribution < -0.4 is 0 Å². The first-order valence-corrected chi connectivity index (χ1v) is 13.8. The van der Waals surface area contributed by atoms with Gasteiger partial charge >= 0.3 is 0 Å².